The minimum Gasteiger partial charge on any atom is -0.505 e. The number of anilines is 1. The molecule has 4 aromatic rings. The van der Waals surface area contributed by atoms with Crippen molar-refractivity contribution in [2.45, 2.75) is 19.9 Å². The van der Waals surface area contributed by atoms with Crippen LogP contribution < -0.4 is 14.8 Å². The van der Waals surface area contributed by atoms with Crippen LogP contribution in [-0.2, 0) is 0 Å². The molecule has 7 nitrogen and oxygen atoms in total. The maximum atomic E-state index is 11.2. The highest BCUT2D eigenvalue weighted by molar-refractivity contribution is 5.86. The maximum absolute atomic E-state index is 11.2. The monoisotopic (exact) mass is 431 g/mol. The first kappa shape index (κ1) is 21.2. The summed E-state index contributed by atoms with van der Waals surface area (Å²) in [4.78, 5) is 9.08. The second-order valence-electron chi connectivity index (χ2n) is 7.54. The fourth-order valence-corrected chi connectivity index (χ4v) is 3.71. The molecule has 0 spiro atoms. The number of nitrogens with zero attached hydrogens (tertiary/aromatic N) is 2. The van der Waals surface area contributed by atoms with Gasteiger partial charge in [-0.2, -0.15) is 0 Å². The van der Waals surface area contributed by atoms with Crippen molar-refractivity contribution >= 4 is 16.7 Å². The Balaban J connectivity index is 1.93. The molecule has 0 aliphatic carbocycles. The number of nitrogens with one attached hydrogen (secondary N) is 1. The number of ether oxygens (including phenoxy) is 2. The number of phenolic OH excluding ortho intramolecular Hbond substituents is 2. The number of methoxy groups -OCH3 is 2. The molecular weight excluding hydrogens is 406 g/mol. The van der Waals surface area contributed by atoms with Crippen molar-refractivity contribution in [3.63, 3.8) is 0 Å². The number of hydrogen-bond acceptors (Lipinski definition) is 7. The van der Waals surface area contributed by atoms with Crippen LogP contribution in [0.15, 0.2) is 54.6 Å². The van der Waals surface area contributed by atoms with Crippen LogP contribution in [0.25, 0.3) is 10.9 Å². The molecule has 0 unspecified atom stereocenters. The van der Waals surface area contributed by atoms with Crippen LogP contribution in [-0.4, -0.2) is 34.4 Å². The van der Waals surface area contributed by atoms with Crippen molar-refractivity contribution in [1.29, 1.82) is 0 Å². The third-order valence-corrected chi connectivity index (χ3v) is 5.33. The largest absolute Gasteiger partial charge is 0.505 e. The zero-order valence-corrected chi connectivity index (χ0v) is 18.4. The molecule has 0 aliphatic rings. The Hall–Kier alpha value is -4.00. The van der Waals surface area contributed by atoms with E-state index in [4.69, 9.17) is 9.47 Å². The van der Waals surface area contributed by atoms with Gasteiger partial charge >= 0.3 is 0 Å². The molecule has 0 radical (unpaired) electrons. The van der Waals surface area contributed by atoms with Crippen LogP contribution >= 0.6 is 0 Å². The van der Waals surface area contributed by atoms with Crippen LogP contribution in [0, 0.1) is 13.8 Å². The fraction of sp³-hybridized carbons (Fsp3) is 0.200. The summed E-state index contributed by atoms with van der Waals surface area (Å²) in [7, 11) is 2.95. The zero-order valence-electron chi connectivity index (χ0n) is 18.4. The van der Waals surface area contributed by atoms with Gasteiger partial charge in [-0.1, -0.05) is 24.3 Å². The van der Waals surface area contributed by atoms with Gasteiger partial charge < -0.3 is 25.0 Å². The summed E-state index contributed by atoms with van der Waals surface area (Å²) in [6.07, 6.45) is 0. The molecule has 3 N–H and O–H groups in total. The number of aromatic hydroxyl groups is 2. The van der Waals surface area contributed by atoms with Crippen molar-refractivity contribution in [2.75, 3.05) is 19.5 Å². The lowest BCUT2D eigenvalue weighted by molar-refractivity contribution is 0.339. The van der Waals surface area contributed by atoms with Crippen molar-refractivity contribution in [3.8, 4) is 23.0 Å². The second-order valence-corrected chi connectivity index (χ2v) is 7.54. The van der Waals surface area contributed by atoms with E-state index < -0.39 is 6.04 Å². The number of fused-ring (bicyclic) bond motifs is 1. The molecule has 0 saturated heterocycles. The molecule has 2 aromatic carbocycles. The summed E-state index contributed by atoms with van der Waals surface area (Å²) < 4.78 is 10.7. The summed E-state index contributed by atoms with van der Waals surface area (Å²) >= 11 is 0. The van der Waals surface area contributed by atoms with Crippen LogP contribution in [0.2, 0.25) is 0 Å². The third kappa shape index (κ3) is 3.97. The first-order valence-electron chi connectivity index (χ1n) is 10.2. The van der Waals surface area contributed by atoms with Crippen molar-refractivity contribution in [1.82, 2.24) is 9.97 Å². The molecule has 4 rings (SSSR count). The number of hydrogen-bond donors (Lipinski definition) is 3. The van der Waals surface area contributed by atoms with Gasteiger partial charge in [0.05, 0.1) is 20.3 Å². The number of benzene rings is 2. The van der Waals surface area contributed by atoms with Crippen LogP contribution in [0.1, 0.15) is 28.6 Å². The van der Waals surface area contributed by atoms with Gasteiger partial charge in [0.1, 0.15) is 17.1 Å². The smallest absolute Gasteiger partial charge is 0.200 e. The lowest BCUT2D eigenvalue weighted by atomic mass is 9.95. The summed E-state index contributed by atoms with van der Waals surface area (Å²) in [5.41, 5.74) is 3.50. The van der Waals surface area contributed by atoms with E-state index in [2.05, 4.69) is 15.3 Å². The SMILES string of the molecule is COc1cc([C@@H](Nc2cccc(C)n2)c2ccc3ccc(C)nc3c2O)cc(OC)c1O. The minimum absolute atomic E-state index is 0.0716. The van der Waals surface area contributed by atoms with E-state index in [0.29, 0.717) is 22.5 Å². The van der Waals surface area contributed by atoms with Crippen LogP contribution in [0.5, 0.6) is 23.0 Å². The molecular formula is C25H25N3O4. The topological polar surface area (TPSA) is 96.7 Å². The van der Waals surface area contributed by atoms with E-state index in [1.54, 1.807) is 12.1 Å². The Labute approximate surface area is 186 Å². The van der Waals surface area contributed by atoms with E-state index in [-0.39, 0.29) is 23.0 Å². The Morgan fingerprint density at radius 3 is 2.12 bits per heavy atom. The lowest BCUT2D eigenvalue weighted by Crippen LogP contribution is -2.14. The predicted octanol–water partition coefficient (Wildman–Crippen LogP) is 4.88. The first-order valence-corrected chi connectivity index (χ1v) is 10.2. The number of aromatic nitrogens is 2. The van der Waals surface area contributed by atoms with Gasteiger partial charge in [-0.15, -0.1) is 0 Å². The molecule has 7 heteroatoms. The number of pyridine rings is 2. The Morgan fingerprint density at radius 2 is 1.47 bits per heavy atom. The Morgan fingerprint density at radius 1 is 0.812 bits per heavy atom. The van der Waals surface area contributed by atoms with Crippen molar-refractivity contribution < 1.29 is 19.7 Å². The number of phenols is 2. The summed E-state index contributed by atoms with van der Waals surface area (Å²) in [6.45, 7) is 3.79. The second kappa shape index (κ2) is 8.63. The molecule has 2 aromatic heterocycles. The molecule has 0 aliphatic heterocycles. The van der Waals surface area contributed by atoms with E-state index >= 15 is 0 Å². The molecule has 164 valence electrons. The fourth-order valence-electron chi connectivity index (χ4n) is 3.71. The van der Waals surface area contributed by atoms with Gasteiger partial charge in [0, 0.05) is 22.3 Å². The first-order chi connectivity index (χ1) is 15.4. The van der Waals surface area contributed by atoms with Crippen molar-refractivity contribution in [3.05, 3.63) is 77.1 Å². The summed E-state index contributed by atoms with van der Waals surface area (Å²) in [6, 6.07) is 16.2. The quantitative estimate of drug-likeness (QED) is 0.400. The predicted molar refractivity (Wildman–Crippen MR) is 124 cm³/mol. The summed E-state index contributed by atoms with van der Waals surface area (Å²) in [5, 5.41) is 25.8. The van der Waals surface area contributed by atoms with Crippen molar-refractivity contribution in [2.24, 2.45) is 0 Å². The number of rotatable bonds is 6. The Bertz CT molecular complexity index is 1260. The van der Waals surface area contributed by atoms with Gasteiger partial charge in [-0.3, -0.25) is 0 Å². The molecule has 0 fully saturated rings. The van der Waals surface area contributed by atoms with E-state index in [0.717, 1.165) is 16.8 Å². The van der Waals surface area contributed by atoms with Gasteiger partial charge in [-0.05, 0) is 49.7 Å². The van der Waals surface area contributed by atoms with Gasteiger partial charge in [0.15, 0.2) is 11.5 Å². The highest BCUT2D eigenvalue weighted by Gasteiger charge is 2.24. The molecule has 0 bridgehead atoms. The minimum atomic E-state index is -0.528. The molecule has 2 heterocycles. The molecule has 0 saturated carbocycles. The van der Waals surface area contributed by atoms with E-state index in [1.807, 2.05) is 56.3 Å². The van der Waals surface area contributed by atoms with E-state index in [1.165, 1.54) is 14.2 Å². The van der Waals surface area contributed by atoms with Gasteiger partial charge in [0.25, 0.3) is 0 Å². The highest BCUT2D eigenvalue weighted by Crippen LogP contribution is 2.43. The third-order valence-electron chi connectivity index (χ3n) is 5.33. The standard InChI is InChI=1S/C25H25N3O4/c1-14-6-5-7-21(26-14)28-22(17-12-19(31-3)25(30)20(13-17)32-4)18-11-10-16-9-8-15(2)27-23(16)24(18)29/h5-13,22,29-30H,1-4H3,(H,26,28)/t22-/m1/s1. The van der Waals surface area contributed by atoms with Gasteiger partial charge in [0.2, 0.25) is 5.75 Å². The average Bonchev–Trinajstić information content (AvgIpc) is 2.79. The molecule has 0 amide bonds. The van der Waals surface area contributed by atoms with Crippen LogP contribution in [0.4, 0.5) is 5.82 Å². The van der Waals surface area contributed by atoms with Gasteiger partial charge in [-0.25, -0.2) is 9.97 Å². The Kier molecular flexibility index (Phi) is 5.73. The van der Waals surface area contributed by atoms with Crippen LogP contribution in [0.3, 0.4) is 0 Å². The van der Waals surface area contributed by atoms with E-state index in [9.17, 15) is 10.2 Å². The molecule has 32 heavy (non-hydrogen) atoms. The highest BCUT2D eigenvalue weighted by atomic mass is 16.5. The lowest BCUT2D eigenvalue weighted by Gasteiger charge is -2.23. The average molecular weight is 431 g/mol. The normalized spacial score (nSPS) is 11.9. The zero-order chi connectivity index (χ0) is 22.8. The molecule has 1 atom stereocenters. The number of aryl methyl sites for hydroxylation is 2. The summed E-state index contributed by atoms with van der Waals surface area (Å²) in [5.74, 6) is 1.14. The maximum Gasteiger partial charge on any atom is 0.200 e.